The zero-order valence-electron chi connectivity index (χ0n) is 10.3. The number of anilines is 1. The molecular weight excluding hydrogens is 294 g/mol. The van der Waals surface area contributed by atoms with Crippen LogP contribution in [0.5, 0.6) is 0 Å². The van der Waals surface area contributed by atoms with E-state index in [1.807, 2.05) is 38.1 Å². The highest BCUT2D eigenvalue weighted by Gasteiger charge is 2.13. The molecule has 4 nitrogen and oxygen atoms in total. The average Bonchev–Trinajstić information content (AvgIpc) is 2.70. The van der Waals surface area contributed by atoms with Gasteiger partial charge < -0.3 is 5.32 Å². The summed E-state index contributed by atoms with van der Waals surface area (Å²) < 4.78 is 2.73. The van der Waals surface area contributed by atoms with Crippen molar-refractivity contribution in [1.82, 2.24) is 9.78 Å². The maximum Gasteiger partial charge on any atom is 0.259 e. The number of benzene rings is 1. The molecule has 1 aromatic carbocycles. The molecule has 0 aliphatic heterocycles. The van der Waals surface area contributed by atoms with E-state index < -0.39 is 0 Å². The van der Waals surface area contributed by atoms with Crippen molar-refractivity contribution in [2.45, 2.75) is 20.4 Å². The Kier molecular flexibility index (Phi) is 3.81. The van der Waals surface area contributed by atoms with E-state index in [0.29, 0.717) is 5.56 Å². The van der Waals surface area contributed by atoms with Crippen molar-refractivity contribution >= 4 is 27.5 Å². The molecule has 0 saturated carbocycles. The van der Waals surface area contributed by atoms with E-state index in [4.69, 9.17) is 0 Å². The number of rotatable bonds is 3. The Balaban J connectivity index is 2.19. The van der Waals surface area contributed by atoms with Crippen molar-refractivity contribution in [3.8, 4) is 0 Å². The van der Waals surface area contributed by atoms with Crippen LogP contribution in [0.15, 0.2) is 34.9 Å². The van der Waals surface area contributed by atoms with Crippen LogP contribution >= 0.6 is 15.9 Å². The Morgan fingerprint density at radius 1 is 1.50 bits per heavy atom. The van der Waals surface area contributed by atoms with Crippen LogP contribution in [0.4, 0.5) is 5.69 Å². The summed E-state index contributed by atoms with van der Waals surface area (Å²) in [4.78, 5) is 12.1. The van der Waals surface area contributed by atoms with Gasteiger partial charge in [0.05, 0.1) is 11.8 Å². The fourth-order valence-corrected chi connectivity index (χ4v) is 2.15. The number of aromatic nitrogens is 2. The normalized spacial score (nSPS) is 10.4. The van der Waals surface area contributed by atoms with Crippen molar-refractivity contribution in [1.29, 1.82) is 0 Å². The van der Waals surface area contributed by atoms with Crippen LogP contribution in [0.25, 0.3) is 0 Å². The number of amides is 1. The van der Waals surface area contributed by atoms with Crippen molar-refractivity contribution in [3.05, 3.63) is 46.2 Å². The molecule has 0 spiro atoms. The van der Waals surface area contributed by atoms with Crippen LogP contribution in [0.2, 0.25) is 0 Å². The number of hydrogen-bond acceptors (Lipinski definition) is 2. The van der Waals surface area contributed by atoms with E-state index in [-0.39, 0.29) is 5.91 Å². The number of nitrogens with zero attached hydrogens (tertiary/aromatic N) is 2. The first-order valence-corrected chi connectivity index (χ1v) is 6.50. The van der Waals surface area contributed by atoms with E-state index in [2.05, 4.69) is 26.3 Å². The maximum absolute atomic E-state index is 12.1. The zero-order valence-corrected chi connectivity index (χ0v) is 11.9. The summed E-state index contributed by atoms with van der Waals surface area (Å²) >= 11 is 3.37. The lowest BCUT2D eigenvalue weighted by molar-refractivity contribution is 0.102. The van der Waals surface area contributed by atoms with Crippen molar-refractivity contribution in [2.24, 2.45) is 0 Å². The third-order valence-corrected chi connectivity index (χ3v) is 3.22. The van der Waals surface area contributed by atoms with Gasteiger partial charge in [-0.25, -0.2) is 0 Å². The lowest BCUT2D eigenvalue weighted by Gasteiger charge is -2.05. The summed E-state index contributed by atoms with van der Waals surface area (Å²) in [5.41, 5.74) is 2.25. The van der Waals surface area contributed by atoms with Gasteiger partial charge in [-0.1, -0.05) is 22.0 Å². The van der Waals surface area contributed by atoms with E-state index >= 15 is 0 Å². The molecule has 1 heterocycles. The lowest BCUT2D eigenvalue weighted by Crippen LogP contribution is -2.13. The zero-order chi connectivity index (χ0) is 13.1. The lowest BCUT2D eigenvalue weighted by atomic mass is 10.2. The topological polar surface area (TPSA) is 46.9 Å². The molecule has 0 fully saturated rings. The first-order valence-electron chi connectivity index (χ1n) is 5.71. The largest absolute Gasteiger partial charge is 0.322 e. The molecule has 5 heteroatoms. The highest BCUT2D eigenvalue weighted by Crippen LogP contribution is 2.17. The average molecular weight is 308 g/mol. The van der Waals surface area contributed by atoms with Crippen molar-refractivity contribution < 1.29 is 4.79 Å². The monoisotopic (exact) mass is 307 g/mol. The van der Waals surface area contributed by atoms with Crippen molar-refractivity contribution in [3.63, 3.8) is 0 Å². The molecule has 0 aliphatic rings. The smallest absolute Gasteiger partial charge is 0.259 e. The molecule has 0 bridgehead atoms. The van der Waals surface area contributed by atoms with Gasteiger partial charge in [0, 0.05) is 22.4 Å². The predicted molar refractivity (Wildman–Crippen MR) is 74.7 cm³/mol. The van der Waals surface area contributed by atoms with Gasteiger partial charge in [-0.3, -0.25) is 9.48 Å². The molecule has 2 rings (SSSR count). The molecular formula is C13H14BrN3O. The Labute approximate surface area is 114 Å². The van der Waals surface area contributed by atoms with Crippen LogP contribution < -0.4 is 5.32 Å². The van der Waals surface area contributed by atoms with E-state index in [1.165, 1.54) is 0 Å². The molecule has 94 valence electrons. The Morgan fingerprint density at radius 2 is 2.28 bits per heavy atom. The number of halogens is 1. The van der Waals surface area contributed by atoms with Crippen molar-refractivity contribution in [2.75, 3.05) is 5.32 Å². The molecule has 0 saturated heterocycles. The Morgan fingerprint density at radius 3 is 2.89 bits per heavy atom. The molecule has 1 N–H and O–H groups in total. The first kappa shape index (κ1) is 12.8. The second-order valence-electron chi connectivity index (χ2n) is 3.92. The van der Waals surface area contributed by atoms with Crippen LogP contribution in [-0.4, -0.2) is 15.7 Å². The second kappa shape index (κ2) is 5.35. The summed E-state index contributed by atoms with van der Waals surface area (Å²) in [6, 6.07) is 7.50. The third-order valence-electron chi connectivity index (χ3n) is 2.73. The van der Waals surface area contributed by atoms with Gasteiger partial charge in [0.25, 0.3) is 5.91 Å². The van der Waals surface area contributed by atoms with Crippen LogP contribution in [0.3, 0.4) is 0 Å². The third kappa shape index (κ3) is 2.61. The SMILES string of the molecule is CCn1ncc(C(=O)Nc2cccc(Br)c2)c1C. The summed E-state index contributed by atoms with van der Waals surface area (Å²) in [6.45, 7) is 4.65. The molecule has 0 radical (unpaired) electrons. The quantitative estimate of drug-likeness (QED) is 0.946. The molecule has 0 aliphatic carbocycles. The first-order chi connectivity index (χ1) is 8.61. The van der Waals surface area contributed by atoms with E-state index in [9.17, 15) is 4.79 Å². The summed E-state index contributed by atoms with van der Waals surface area (Å²) in [5.74, 6) is -0.134. The molecule has 0 unspecified atom stereocenters. The number of carbonyl (C=O) groups excluding carboxylic acids is 1. The second-order valence-corrected chi connectivity index (χ2v) is 4.84. The molecule has 1 aromatic heterocycles. The van der Waals surface area contributed by atoms with Crippen LogP contribution in [0, 0.1) is 6.92 Å². The molecule has 2 aromatic rings. The molecule has 0 atom stereocenters. The van der Waals surface area contributed by atoms with Gasteiger partial charge in [-0.2, -0.15) is 5.10 Å². The highest BCUT2D eigenvalue weighted by atomic mass is 79.9. The fraction of sp³-hybridized carbons (Fsp3) is 0.231. The van der Waals surface area contributed by atoms with Crippen LogP contribution in [-0.2, 0) is 6.54 Å². The number of carbonyl (C=O) groups is 1. The standard InChI is InChI=1S/C13H14BrN3O/c1-3-17-9(2)12(8-15-17)13(18)16-11-6-4-5-10(14)7-11/h4-8H,3H2,1-2H3,(H,16,18). The minimum atomic E-state index is -0.134. The van der Waals surface area contributed by atoms with Gasteiger partial charge in [0.2, 0.25) is 0 Å². The fourth-order valence-electron chi connectivity index (χ4n) is 1.75. The number of hydrogen-bond donors (Lipinski definition) is 1. The minimum absolute atomic E-state index is 0.134. The highest BCUT2D eigenvalue weighted by molar-refractivity contribution is 9.10. The van der Waals surface area contributed by atoms with E-state index in [0.717, 1.165) is 22.4 Å². The number of nitrogens with one attached hydrogen (secondary N) is 1. The van der Waals surface area contributed by atoms with Gasteiger partial charge in [0.1, 0.15) is 0 Å². The maximum atomic E-state index is 12.1. The summed E-state index contributed by atoms with van der Waals surface area (Å²) in [6.07, 6.45) is 1.60. The predicted octanol–water partition coefficient (Wildman–Crippen LogP) is 3.23. The molecule has 18 heavy (non-hydrogen) atoms. The molecule has 1 amide bonds. The van der Waals surface area contributed by atoms with Gasteiger partial charge in [-0.05, 0) is 32.0 Å². The summed E-state index contributed by atoms with van der Waals surface area (Å²) in [5, 5.41) is 7.02. The Hall–Kier alpha value is -1.62. The van der Waals surface area contributed by atoms with E-state index in [1.54, 1.807) is 10.9 Å². The summed E-state index contributed by atoms with van der Waals surface area (Å²) in [7, 11) is 0. The van der Waals surface area contributed by atoms with Gasteiger partial charge in [0.15, 0.2) is 0 Å². The minimum Gasteiger partial charge on any atom is -0.322 e. The number of aryl methyl sites for hydroxylation is 1. The van der Waals surface area contributed by atoms with Gasteiger partial charge >= 0.3 is 0 Å². The Bertz CT molecular complexity index is 577. The van der Waals surface area contributed by atoms with Gasteiger partial charge in [-0.15, -0.1) is 0 Å². The van der Waals surface area contributed by atoms with Crippen LogP contribution in [0.1, 0.15) is 23.0 Å².